The maximum atomic E-state index is 13.1. The molecule has 1 aromatic rings. The molecule has 0 saturated heterocycles. The summed E-state index contributed by atoms with van der Waals surface area (Å²) in [5.74, 6) is -2.94. The van der Waals surface area contributed by atoms with Crippen LogP contribution in [0.3, 0.4) is 0 Å². The largest absolute Gasteiger partial charge is 0.481 e. The number of carbonyl (C=O) groups is 2. The summed E-state index contributed by atoms with van der Waals surface area (Å²) in [6.45, 7) is 1.42. The molecule has 15 heavy (non-hydrogen) atoms. The normalized spacial score (nSPS) is 12.1. The van der Waals surface area contributed by atoms with Crippen LogP contribution in [0.5, 0.6) is 0 Å². The molecule has 1 atom stereocenters. The zero-order chi connectivity index (χ0) is 11.4. The molecule has 0 spiro atoms. The molecule has 0 aliphatic rings. The maximum absolute atomic E-state index is 13.1. The van der Waals surface area contributed by atoms with Crippen LogP contribution < -0.4 is 0 Å². The molecule has 4 heteroatoms. The quantitative estimate of drug-likeness (QED) is 0.774. The van der Waals surface area contributed by atoms with E-state index in [1.165, 1.54) is 25.1 Å². The van der Waals surface area contributed by atoms with Crippen LogP contribution in [-0.2, 0) is 4.79 Å². The molecule has 0 fully saturated rings. The summed E-state index contributed by atoms with van der Waals surface area (Å²) in [4.78, 5) is 22.0. The number of rotatable bonds is 4. The number of carbonyl (C=O) groups excluding carboxylic acids is 1. The minimum Gasteiger partial charge on any atom is -0.481 e. The van der Waals surface area contributed by atoms with Crippen molar-refractivity contribution >= 4 is 11.8 Å². The minimum atomic E-state index is -1.06. The molecular formula is C11H11FO3. The Hall–Kier alpha value is -1.71. The Morgan fingerprint density at radius 3 is 2.53 bits per heavy atom. The van der Waals surface area contributed by atoms with Crippen LogP contribution in [0.15, 0.2) is 24.3 Å². The van der Waals surface area contributed by atoms with Gasteiger partial charge in [0.15, 0.2) is 5.78 Å². The number of benzene rings is 1. The second kappa shape index (κ2) is 4.68. The lowest BCUT2D eigenvalue weighted by Crippen LogP contribution is -2.15. The van der Waals surface area contributed by atoms with Gasteiger partial charge in [-0.3, -0.25) is 9.59 Å². The molecular weight excluding hydrogens is 199 g/mol. The Kier molecular flexibility index (Phi) is 3.55. The third kappa shape index (κ3) is 2.87. The van der Waals surface area contributed by atoms with Crippen LogP contribution in [0.4, 0.5) is 4.39 Å². The summed E-state index contributed by atoms with van der Waals surface area (Å²) in [5, 5.41) is 8.60. The molecule has 0 aliphatic heterocycles. The van der Waals surface area contributed by atoms with Gasteiger partial charge in [-0.1, -0.05) is 19.1 Å². The van der Waals surface area contributed by atoms with Gasteiger partial charge < -0.3 is 5.11 Å². The molecule has 1 aromatic carbocycles. The Labute approximate surface area is 86.5 Å². The molecule has 1 rings (SSSR count). The van der Waals surface area contributed by atoms with Crippen LogP contribution in [-0.4, -0.2) is 16.9 Å². The highest BCUT2D eigenvalue weighted by Crippen LogP contribution is 2.13. The number of hydrogen-bond acceptors (Lipinski definition) is 2. The maximum Gasteiger partial charge on any atom is 0.306 e. The Balaban J connectivity index is 2.78. The topological polar surface area (TPSA) is 54.4 Å². The first-order chi connectivity index (χ1) is 7.02. The average Bonchev–Trinajstić information content (AvgIpc) is 2.18. The van der Waals surface area contributed by atoms with Crippen LogP contribution in [0.2, 0.25) is 0 Å². The average molecular weight is 210 g/mol. The molecule has 0 saturated carbocycles. The van der Waals surface area contributed by atoms with Gasteiger partial charge in [0.2, 0.25) is 0 Å². The molecule has 1 unspecified atom stereocenters. The number of hydrogen-bond donors (Lipinski definition) is 1. The van der Waals surface area contributed by atoms with E-state index in [9.17, 15) is 14.0 Å². The number of Topliss-reactive ketones (excluding diaryl/α,β-unsaturated/α-hetero) is 1. The molecule has 3 nitrogen and oxygen atoms in total. The van der Waals surface area contributed by atoms with Gasteiger partial charge in [-0.25, -0.2) is 4.39 Å². The van der Waals surface area contributed by atoms with E-state index in [1.807, 2.05) is 0 Å². The molecule has 1 N–H and O–H groups in total. The third-order valence-corrected chi connectivity index (χ3v) is 2.09. The van der Waals surface area contributed by atoms with Gasteiger partial charge in [0.25, 0.3) is 0 Å². The van der Waals surface area contributed by atoms with Crippen molar-refractivity contribution in [1.82, 2.24) is 0 Å². The van der Waals surface area contributed by atoms with E-state index < -0.39 is 23.5 Å². The van der Waals surface area contributed by atoms with Crippen molar-refractivity contribution in [3.05, 3.63) is 35.6 Å². The van der Waals surface area contributed by atoms with E-state index in [-0.39, 0.29) is 12.0 Å². The standard InChI is InChI=1S/C11H11FO3/c1-7(11(14)15)6-10(13)8-4-2-3-5-9(8)12/h2-5,7H,6H2,1H3,(H,14,15). The second-order valence-corrected chi connectivity index (χ2v) is 3.35. The summed E-state index contributed by atoms with van der Waals surface area (Å²) >= 11 is 0. The summed E-state index contributed by atoms with van der Waals surface area (Å²) in [6, 6.07) is 5.55. The lowest BCUT2D eigenvalue weighted by atomic mass is 10.00. The number of carboxylic acids is 1. The SMILES string of the molecule is CC(CC(=O)c1ccccc1F)C(=O)O. The van der Waals surface area contributed by atoms with E-state index in [0.29, 0.717) is 0 Å². The summed E-state index contributed by atoms with van der Waals surface area (Å²) in [5.41, 5.74) is -0.0504. The second-order valence-electron chi connectivity index (χ2n) is 3.35. The van der Waals surface area contributed by atoms with Crippen molar-refractivity contribution in [2.24, 2.45) is 5.92 Å². The van der Waals surface area contributed by atoms with Gasteiger partial charge in [-0.2, -0.15) is 0 Å². The van der Waals surface area contributed by atoms with Gasteiger partial charge in [0.1, 0.15) is 5.82 Å². The minimum absolute atomic E-state index is 0.0504. The molecule has 0 heterocycles. The molecule has 0 aliphatic carbocycles. The van der Waals surface area contributed by atoms with Crippen molar-refractivity contribution in [2.45, 2.75) is 13.3 Å². The molecule has 0 bridgehead atoms. The Morgan fingerprint density at radius 1 is 1.40 bits per heavy atom. The highest BCUT2D eigenvalue weighted by molar-refractivity contribution is 5.98. The zero-order valence-corrected chi connectivity index (χ0v) is 8.24. The number of carboxylic acid groups (broad SMARTS) is 1. The fourth-order valence-corrected chi connectivity index (χ4v) is 1.16. The zero-order valence-electron chi connectivity index (χ0n) is 8.24. The van der Waals surface area contributed by atoms with Crippen molar-refractivity contribution in [3.8, 4) is 0 Å². The van der Waals surface area contributed by atoms with Crippen molar-refractivity contribution in [2.75, 3.05) is 0 Å². The van der Waals surface area contributed by atoms with Crippen molar-refractivity contribution in [1.29, 1.82) is 0 Å². The third-order valence-electron chi connectivity index (χ3n) is 2.09. The van der Waals surface area contributed by atoms with Gasteiger partial charge in [0, 0.05) is 6.42 Å². The number of halogens is 1. The number of aliphatic carboxylic acids is 1. The molecule has 0 amide bonds. The van der Waals surface area contributed by atoms with E-state index in [1.54, 1.807) is 6.07 Å². The fourth-order valence-electron chi connectivity index (χ4n) is 1.16. The Bertz CT molecular complexity index is 387. The lowest BCUT2D eigenvalue weighted by Gasteiger charge is -2.05. The highest BCUT2D eigenvalue weighted by Gasteiger charge is 2.18. The van der Waals surface area contributed by atoms with Crippen molar-refractivity contribution in [3.63, 3.8) is 0 Å². The van der Waals surface area contributed by atoms with Crippen molar-refractivity contribution < 1.29 is 19.1 Å². The van der Waals surface area contributed by atoms with Gasteiger partial charge in [-0.15, -0.1) is 0 Å². The Morgan fingerprint density at radius 2 is 2.00 bits per heavy atom. The summed E-state index contributed by atoms with van der Waals surface area (Å²) in [6.07, 6.45) is -0.184. The van der Waals surface area contributed by atoms with Crippen LogP contribution in [0, 0.1) is 11.7 Å². The highest BCUT2D eigenvalue weighted by atomic mass is 19.1. The van der Waals surface area contributed by atoms with E-state index in [0.717, 1.165) is 0 Å². The van der Waals surface area contributed by atoms with Gasteiger partial charge in [-0.05, 0) is 12.1 Å². The first kappa shape index (κ1) is 11.4. The van der Waals surface area contributed by atoms with E-state index >= 15 is 0 Å². The molecule has 0 aromatic heterocycles. The monoisotopic (exact) mass is 210 g/mol. The lowest BCUT2D eigenvalue weighted by molar-refractivity contribution is -0.141. The van der Waals surface area contributed by atoms with Crippen LogP contribution in [0.25, 0.3) is 0 Å². The first-order valence-electron chi connectivity index (χ1n) is 4.53. The van der Waals surface area contributed by atoms with Crippen LogP contribution in [0.1, 0.15) is 23.7 Å². The summed E-state index contributed by atoms with van der Waals surface area (Å²) in [7, 11) is 0. The van der Waals surface area contributed by atoms with Gasteiger partial charge in [0.05, 0.1) is 11.5 Å². The fraction of sp³-hybridized carbons (Fsp3) is 0.273. The number of ketones is 1. The predicted molar refractivity (Wildman–Crippen MR) is 52.1 cm³/mol. The smallest absolute Gasteiger partial charge is 0.306 e. The molecule has 0 radical (unpaired) electrons. The van der Waals surface area contributed by atoms with E-state index in [2.05, 4.69) is 0 Å². The predicted octanol–water partition coefficient (Wildman–Crippen LogP) is 2.12. The van der Waals surface area contributed by atoms with Crippen LogP contribution >= 0.6 is 0 Å². The summed E-state index contributed by atoms with van der Waals surface area (Å²) < 4.78 is 13.1. The first-order valence-corrected chi connectivity index (χ1v) is 4.53. The van der Waals surface area contributed by atoms with E-state index in [4.69, 9.17) is 5.11 Å². The van der Waals surface area contributed by atoms with Gasteiger partial charge >= 0.3 is 5.97 Å². The molecule has 80 valence electrons.